The fraction of sp³-hybridized carbons (Fsp3) is 0.714. The van der Waals surface area contributed by atoms with Crippen LogP contribution in [0.2, 0.25) is 0 Å². The van der Waals surface area contributed by atoms with Gasteiger partial charge in [-0.2, -0.15) is 0 Å². The molecule has 0 unspecified atom stereocenters. The Bertz CT molecular complexity index is 309. The second kappa shape index (κ2) is 3.21. The van der Waals surface area contributed by atoms with E-state index in [0.717, 1.165) is 5.57 Å². The van der Waals surface area contributed by atoms with Gasteiger partial charge in [0.1, 0.15) is 0 Å². The fourth-order valence-electron chi connectivity index (χ4n) is 3.04. The summed E-state index contributed by atoms with van der Waals surface area (Å²) in [5.41, 5.74) is 1.58. The normalized spacial score (nSPS) is 42.7. The molecule has 0 radical (unpaired) electrons. The van der Waals surface area contributed by atoms with Crippen LogP contribution in [0.3, 0.4) is 0 Å². The molecule has 0 bridgehead atoms. The second-order valence-electron chi connectivity index (χ2n) is 6.00. The van der Waals surface area contributed by atoms with Crippen LogP contribution >= 0.6 is 0 Å². The van der Waals surface area contributed by atoms with E-state index in [-0.39, 0.29) is 5.60 Å². The van der Waals surface area contributed by atoms with Crippen LogP contribution in [0.4, 0.5) is 0 Å². The number of allylic oxidation sites excluding steroid dienone is 2. The highest BCUT2D eigenvalue weighted by atomic mass is 16.6. The molecule has 0 aromatic heterocycles. The molecular weight excluding hydrogens is 184 g/mol. The largest absolute Gasteiger partial charge is 0.366 e. The Morgan fingerprint density at radius 3 is 2.67 bits per heavy atom. The zero-order valence-electron chi connectivity index (χ0n) is 10.3. The number of ether oxygens (including phenoxy) is 1. The van der Waals surface area contributed by atoms with Gasteiger partial charge in [0.15, 0.2) is 0 Å². The molecule has 2 fully saturated rings. The molecule has 1 nitrogen and oxygen atoms in total. The predicted molar refractivity (Wildman–Crippen MR) is 63.7 cm³/mol. The van der Waals surface area contributed by atoms with E-state index in [4.69, 9.17) is 4.74 Å². The summed E-state index contributed by atoms with van der Waals surface area (Å²) in [6, 6.07) is 0. The first-order valence-electron chi connectivity index (χ1n) is 5.88. The highest BCUT2D eigenvalue weighted by Gasteiger charge is 2.63. The van der Waals surface area contributed by atoms with Gasteiger partial charge < -0.3 is 4.74 Å². The molecule has 0 aromatic rings. The summed E-state index contributed by atoms with van der Waals surface area (Å²) in [6.07, 6.45) is 7.44. The molecule has 1 aliphatic carbocycles. The van der Waals surface area contributed by atoms with Crippen LogP contribution in [-0.2, 0) is 4.74 Å². The van der Waals surface area contributed by atoms with Crippen molar-refractivity contribution in [2.75, 3.05) is 0 Å². The van der Waals surface area contributed by atoms with Gasteiger partial charge in [0, 0.05) is 5.92 Å². The van der Waals surface area contributed by atoms with Gasteiger partial charge in [-0.05, 0) is 32.1 Å². The van der Waals surface area contributed by atoms with Gasteiger partial charge in [0.25, 0.3) is 0 Å². The molecule has 84 valence electrons. The van der Waals surface area contributed by atoms with Crippen molar-refractivity contribution in [2.24, 2.45) is 11.3 Å². The third-order valence-corrected chi connectivity index (χ3v) is 4.06. The molecule has 15 heavy (non-hydrogen) atoms. The minimum Gasteiger partial charge on any atom is -0.366 e. The molecule has 0 amide bonds. The van der Waals surface area contributed by atoms with Crippen LogP contribution in [0.15, 0.2) is 24.3 Å². The van der Waals surface area contributed by atoms with Crippen LogP contribution in [0.25, 0.3) is 0 Å². The van der Waals surface area contributed by atoms with Gasteiger partial charge in [-0.15, -0.1) is 0 Å². The van der Waals surface area contributed by atoms with Gasteiger partial charge >= 0.3 is 0 Å². The molecular formula is C14H22O. The van der Waals surface area contributed by atoms with Crippen molar-refractivity contribution in [2.45, 2.75) is 52.2 Å². The van der Waals surface area contributed by atoms with E-state index in [1.165, 1.54) is 12.8 Å². The molecule has 0 aromatic carbocycles. The Hall–Kier alpha value is -0.560. The molecule has 0 N–H and O–H groups in total. The van der Waals surface area contributed by atoms with Crippen molar-refractivity contribution in [1.29, 1.82) is 0 Å². The Balaban J connectivity index is 2.21. The summed E-state index contributed by atoms with van der Waals surface area (Å²) >= 11 is 0. The zero-order chi connectivity index (χ0) is 11.3. The van der Waals surface area contributed by atoms with Crippen LogP contribution < -0.4 is 0 Å². The van der Waals surface area contributed by atoms with Crippen LogP contribution in [0.5, 0.6) is 0 Å². The van der Waals surface area contributed by atoms with E-state index in [0.29, 0.717) is 17.4 Å². The molecule has 0 spiro atoms. The Morgan fingerprint density at radius 2 is 2.07 bits per heavy atom. The predicted octanol–water partition coefficient (Wildman–Crippen LogP) is 3.71. The molecule has 1 aliphatic heterocycles. The van der Waals surface area contributed by atoms with Gasteiger partial charge in [0.2, 0.25) is 0 Å². The highest BCUT2D eigenvalue weighted by molar-refractivity contribution is 5.22. The maximum Gasteiger partial charge on any atom is 0.0987 e. The van der Waals surface area contributed by atoms with Crippen LogP contribution in [-0.4, -0.2) is 11.7 Å². The van der Waals surface area contributed by atoms with Crippen molar-refractivity contribution in [3.05, 3.63) is 24.3 Å². The average Bonchev–Trinajstić information content (AvgIpc) is 2.74. The average molecular weight is 206 g/mol. The third-order valence-electron chi connectivity index (χ3n) is 4.06. The Kier molecular flexibility index (Phi) is 2.34. The molecule has 2 rings (SSSR count). The first-order chi connectivity index (χ1) is 6.86. The summed E-state index contributed by atoms with van der Waals surface area (Å²) in [4.78, 5) is 0. The minimum atomic E-state index is 0.105. The van der Waals surface area contributed by atoms with E-state index >= 15 is 0 Å². The standard InChI is InChI=1S/C14H22O/c1-10(2)6-7-11-13(3,4)9-8-12-14(11,5)15-12/h6-7,11-12H,1,8-9H2,2-5H3/b7-6-/t11-,12+,14-/m1/s1. The third kappa shape index (κ3) is 1.78. The van der Waals surface area contributed by atoms with Gasteiger partial charge in [-0.1, -0.05) is 38.2 Å². The Labute approximate surface area is 93.2 Å². The molecule has 1 heterocycles. The molecule has 2 aliphatic rings. The topological polar surface area (TPSA) is 12.5 Å². The van der Waals surface area contributed by atoms with E-state index < -0.39 is 0 Å². The summed E-state index contributed by atoms with van der Waals surface area (Å²) in [7, 11) is 0. The zero-order valence-corrected chi connectivity index (χ0v) is 10.3. The summed E-state index contributed by atoms with van der Waals surface area (Å²) in [5, 5.41) is 0. The van der Waals surface area contributed by atoms with E-state index in [1.54, 1.807) is 0 Å². The summed E-state index contributed by atoms with van der Waals surface area (Å²) < 4.78 is 5.86. The SMILES string of the molecule is C=C(C)/C=C\[C@@H]1C(C)(C)CC[C@@H]2O[C@@]21C. The van der Waals surface area contributed by atoms with Crippen LogP contribution in [0, 0.1) is 11.3 Å². The summed E-state index contributed by atoms with van der Waals surface area (Å²) in [6.45, 7) is 12.9. The van der Waals surface area contributed by atoms with Gasteiger partial charge in [-0.3, -0.25) is 0 Å². The van der Waals surface area contributed by atoms with Crippen molar-refractivity contribution in [3.8, 4) is 0 Å². The molecule has 1 saturated carbocycles. The van der Waals surface area contributed by atoms with Crippen molar-refractivity contribution < 1.29 is 4.74 Å². The molecule has 3 atom stereocenters. The van der Waals surface area contributed by atoms with E-state index in [1.807, 2.05) is 6.92 Å². The fourth-order valence-corrected chi connectivity index (χ4v) is 3.04. The second-order valence-corrected chi connectivity index (χ2v) is 6.00. The van der Waals surface area contributed by atoms with Crippen LogP contribution in [0.1, 0.15) is 40.5 Å². The van der Waals surface area contributed by atoms with Gasteiger partial charge in [-0.25, -0.2) is 0 Å². The quantitative estimate of drug-likeness (QED) is 0.495. The first-order valence-corrected chi connectivity index (χ1v) is 5.88. The first kappa shape index (κ1) is 10.9. The summed E-state index contributed by atoms with van der Waals surface area (Å²) in [5.74, 6) is 0.528. The van der Waals surface area contributed by atoms with Crippen molar-refractivity contribution >= 4 is 0 Å². The number of fused-ring (bicyclic) bond motifs is 1. The van der Waals surface area contributed by atoms with Crippen molar-refractivity contribution in [3.63, 3.8) is 0 Å². The number of epoxide rings is 1. The lowest BCUT2D eigenvalue weighted by Gasteiger charge is -2.38. The number of rotatable bonds is 2. The maximum absolute atomic E-state index is 5.86. The van der Waals surface area contributed by atoms with Crippen molar-refractivity contribution in [1.82, 2.24) is 0 Å². The molecule has 1 saturated heterocycles. The minimum absolute atomic E-state index is 0.105. The maximum atomic E-state index is 5.86. The lowest BCUT2D eigenvalue weighted by molar-refractivity contribution is 0.136. The number of hydrogen-bond acceptors (Lipinski definition) is 1. The Morgan fingerprint density at radius 1 is 1.40 bits per heavy atom. The molecule has 1 heteroatoms. The lowest BCUT2D eigenvalue weighted by Crippen LogP contribution is -2.39. The van der Waals surface area contributed by atoms with E-state index in [2.05, 4.69) is 39.5 Å². The van der Waals surface area contributed by atoms with E-state index in [9.17, 15) is 0 Å². The monoisotopic (exact) mass is 206 g/mol. The highest BCUT2D eigenvalue weighted by Crippen LogP contribution is 2.58. The van der Waals surface area contributed by atoms with Gasteiger partial charge in [0.05, 0.1) is 11.7 Å². The smallest absolute Gasteiger partial charge is 0.0987 e. The lowest BCUT2D eigenvalue weighted by atomic mass is 9.64. The number of hydrogen-bond donors (Lipinski definition) is 0.